The highest BCUT2D eigenvalue weighted by molar-refractivity contribution is 5.76. The number of amides is 2. The third kappa shape index (κ3) is 44.5. The number of allylic oxidation sites excluding steroid dienone is 8. The first-order valence-corrected chi connectivity index (χ1v) is 38.7. The molecule has 0 aromatic heterocycles. The Morgan fingerprint density at radius 1 is 0.465 bits per heavy atom. The number of hydrogen-bond donors (Lipinski definition) is 10. The maximum atomic E-state index is 12.8. The van der Waals surface area contributed by atoms with Crippen molar-refractivity contribution in [1.29, 1.82) is 0 Å². The van der Waals surface area contributed by atoms with Gasteiger partial charge in [-0.15, -0.1) is 0 Å². The summed E-state index contributed by atoms with van der Waals surface area (Å²) in [4.78, 5) is 28.1. The Hall–Kier alpha value is -2.86. The zero-order valence-corrected chi connectivity index (χ0v) is 61.2. The standard InChI is InChI=1S/C76H139N3O20/c1-3-5-7-9-11-13-15-17-19-21-23-25-27-29-31-37-43-76(44-38-32-30-28-26-24-22-20-18-16-14-12-10-8-6-4-2)96-62-63(99-76)59-79(47-39-33-35-41-66(82)77-45-49-90-51-53-92-55-57-94-74(88)72-70(86)68(84)64(60-80)97-72)48-40-34-36-42-67(83)78-46-50-91-52-54-93-56-58-95-75(89)73-71(87)69(85)65(61-81)98-73/h11-14,17-20,63-65,68-75,80-81,84-89H,3-10,15-16,21-62H2,1-2H3,(H,77,82)(H,78,83)/b13-11-,14-12-,19-17-,20-18-/t63-,64?,65?,68+,69+,70-,71?,72?,73+,74+,75+/m0/s1. The van der Waals surface area contributed by atoms with Gasteiger partial charge in [0, 0.05) is 45.3 Å². The average Bonchev–Trinajstić information content (AvgIpc) is 1.71. The van der Waals surface area contributed by atoms with Crippen LogP contribution in [0.5, 0.6) is 0 Å². The number of carbonyl (C=O) groups excluding carboxylic acids is 2. The van der Waals surface area contributed by atoms with Gasteiger partial charge in [0.2, 0.25) is 11.8 Å². The number of unbranched alkanes of at least 4 members (excludes halogenated alkanes) is 22. The second kappa shape index (κ2) is 61.4. The fourth-order valence-electron chi connectivity index (χ4n) is 12.4. The molecule has 23 heteroatoms. The Morgan fingerprint density at radius 3 is 1.22 bits per heavy atom. The fourth-order valence-corrected chi connectivity index (χ4v) is 12.4. The molecule has 0 bridgehead atoms. The molecule has 0 saturated carbocycles. The van der Waals surface area contributed by atoms with Gasteiger partial charge in [-0.3, -0.25) is 9.59 Å². The lowest BCUT2D eigenvalue weighted by Gasteiger charge is -2.30. The monoisotopic (exact) mass is 1410 g/mol. The van der Waals surface area contributed by atoms with E-state index in [1.165, 1.54) is 116 Å². The summed E-state index contributed by atoms with van der Waals surface area (Å²) < 4.78 is 57.2. The van der Waals surface area contributed by atoms with E-state index >= 15 is 0 Å². The lowest BCUT2D eigenvalue weighted by atomic mass is 9.98. The van der Waals surface area contributed by atoms with Crippen LogP contribution in [-0.2, 0) is 57.0 Å². The molecule has 0 aromatic rings. The summed E-state index contributed by atoms with van der Waals surface area (Å²) in [5, 5.41) is 84.7. The molecule has 3 aliphatic heterocycles. The molecule has 2 amide bonds. The van der Waals surface area contributed by atoms with E-state index in [9.17, 15) is 50.4 Å². The number of hydrogen-bond acceptors (Lipinski definition) is 21. The third-order valence-electron chi connectivity index (χ3n) is 18.3. The van der Waals surface area contributed by atoms with Gasteiger partial charge in [0.25, 0.3) is 0 Å². The van der Waals surface area contributed by atoms with Crippen molar-refractivity contribution in [3.05, 3.63) is 48.6 Å². The zero-order chi connectivity index (χ0) is 71.5. The summed E-state index contributed by atoms with van der Waals surface area (Å²) >= 11 is 0. The molecule has 578 valence electrons. The Labute approximate surface area is 595 Å². The van der Waals surface area contributed by atoms with Crippen LogP contribution in [0.1, 0.15) is 232 Å². The number of nitrogens with one attached hydrogen (secondary N) is 2. The van der Waals surface area contributed by atoms with Crippen LogP contribution in [0.25, 0.3) is 0 Å². The molecular weight excluding hydrogens is 1270 g/mol. The number of rotatable bonds is 68. The summed E-state index contributed by atoms with van der Waals surface area (Å²) in [6.07, 6.45) is 42.5. The SMILES string of the molecule is CCCCC/C=C\C/C=C\CCCCCCCCC1(CCCCCCCC/C=C\C/C=C\CCCCC)OC[C@H](CN(CCCCCC(=O)NCCOCCOCCO[C@@H](O)C2OC(CO)[C@@H](O)[C@@H]2O)CCCCCC(=O)NCCOCCOCCO[C@@H](O)[C@@H]2OC(CO)[C@@H](O)C2O)O1. The Kier molecular flexibility index (Phi) is 56.1. The van der Waals surface area contributed by atoms with E-state index in [0.717, 1.165) is 110 Å². The molecule has 0 aromatic carbocycles. The van der Waals surface area contributed by atoms with Gasteiger partial charge >= 0.3 is 0 Å². The predicted molar refractivity (Wildman–Crippen MR) is 384 cm³/mol. The van der Waals surface area contributed by atoms with Crippen molar-refractivity contribution in [1.82, 2.24) is 15.5 Å². The summed E-state index contributed by atoms with van der Waals surface area (Å²) in [6, 6.07) is 0. The molecular formula is C76H139N3O20. The Morgan fingerprint density at radius 2 is 0.828 bits per heavy atom. The van der Waals surface area contributed by atoms with Crippen LogP contribution in [-0.4, -0.2) is 249 Å². The number of ether oxygens (including phenoxy) is 10. The molecule has 3 saturated heterocycles. The molecule has 11 atom stereocenters. The minimum absolute atomic E-state index is 0.00834. The molecule has 0 spiro atoms. The van der Waals surface area contributed by atoms with Crippen molar-refractivity contribution < 1.29 is 97.8 Å². The first-order valence-electron chi connectivity index (χ1n) is 38.7. The number of aliphatic hydroxyl groups is 8. The van der Waals surface area contributed by atoms with Crippen molar-refractivity contribution in [2.24, 2.45) is 0 Å². The summed E-state index contributed by atoms with van der Waals surface area (Å²) in [5.74, 6) is -0.608. The van der Waals surface area contributed by atoms with E-state index in [1.807, 2.05) is 0 Å². The van der Waals surface area contributed by atoms with Gasteiger partial charge in [-0.1, -0.05) is 152 Å². The lowest BCUT2D eigenvalue weighted by Crippen LogP contribution is -2.40. The smallest absolute Gasteiger partial charge is 0.220 e. The van der Waals surface area contributed by atoms with Crippen LogP contribution >= 0.6 is 0 Å². The van der Waals surface area contributed by atoms with E-state index < -0.39 is 80.4 Å². The van der Waals surface area contributed by atoms with Crippen molar-refractivity contribution in [3.63, 3.8) is 0 Å². The zero-order valence-electron chi connectivity index (χ0n) is 61.2. The van der Waals surface area contributed by atoms with Gasteiger partial charge in [-0.2, -0.15) is 0 Å². The highest BCUT2D eigenvalue weighted by Gasteiger charge is 2.47. The topological polar surface area (TPSA) is 316 Å². The molecule has 4 unspecified atom stereocenters. The van der Waals surface area contributed by atoms with Crippen LogP contribution < -0.4 is 10.6 Å². The van der Waals surface area contributed by atoms with Gasteiger partial charge in [-0.25, -0.2) is 0 Å². The van der Waals surface area contributed by atoms with Crippen molar-refractivity contribution in [2.45, 2.75) is 305 Å². The Bertz CT molecular complexity index is 1900. The minimum atomic E-state index is -1.50. The van der Waals surface area contributed by atoms with Gasteiger partial charge in [0.15, 0.2) is 18.4 Å². The molecule has 0 aliphatic carbocycles. The molecule has 3 aliphatic rings. The van der Waals surface area contributed by atoms with E-state index in [-0.39, 0.29) is 57.6 Å². The maximum absolute atomic E-state index is 12.8. The van der Waals surface area contributed by atoms with Crippen LogP contribution in [0.4, 0.5) is 0 Å². The first-order chi connectivity index (χ1) is 48.4. The molecule has 3 fully saturated rings. The minimum Gasteiger partial charge on any atom is -0.394 e. The number of aliphatic hydroxyl groups excluding tert-OH is 8. The average molecular weight is 1410 g/mol. The molecule has 3 heterocycles. The molecule has 3 rings (SSSR count). The van der Waals surface area contributed by atoms with Gasteiger partial charge < -0.3 is 104 Å². The van der Waals surface area contributed by atoms with Crippen molar-refractivity contribution >= 4 is 11.8 Å². The van der Waals surface area contributed by atoms with Gasteiger partial charge in [-0.05, 0) is 116 Å². The van der Waals surface area contributed by atoms with E-state index in [1.54, 1.807) is 0 Å². The van der Waals surface area contributed by atoms with E-state index in [2.05, 4.69) is 78.0 Å². The maximum Gasteiger partial charge on any atom is 0.220 e. The largest absolute Gasteiger partial charge is 0.394 e. The summed E-state index contributed by atoms with van der Waals surface area (Å²) in [5.41, 5.74) is 0. The third-order valence-corrected chi connectivity index (χ3v) is 18.3. The van der Waals surface area contributed by atoms with E-state index in [0.29, 0.717) is 59.0 Å². The molecule has 23 nitrogen and oxygen atoms in total. The Balaban J connectivity index is 1.43. The number of nitrogens with zero attached hydrogens (tertiary/aromatic N) is 1. The van der Waals surface area contributed by atoms with E-state index in [4.69, 9.17) is 47.4 Å². The van der Waals surface area contributed by atoms with Crippen LogP contribution in [0.2, 0.25) is 0 Å². The predicted octanol–water partition coefficient (Wildman–Crippen LogP) is 8.86. The number of carbonyl (C=O) groups is 2. The summed E-state index contributed by atoms with van der Waals surface area (Å²) in [6.45, 7) is 9.39. The molecule has 99 heavy (non-hydrogen) atoms. The quantitative estimate of drug-likeness (QED) is 0.0154. The van der Waals surface area contributed by atoms with Crippen LogP contribution in [0, 0.1) is 0 Å². The highest BCUT2D eigenvalue weighted by atomic mass is 16.7. The molecule has 10 N–H and O–H groups in total. The van der Waals surface area contributed by atoms with Crippen LogP contribution in [0.15, 0.2) is 48.6 Å². The second-order valence-electron chi connectivity index (χ2n) is 26.8. The van der Waals surface area contributed by atoms with Gasteiger partial charge in [0.1, 0.15) is 48.8 Å². The first kappa shape index (κ1) is 90.4. The summed E-state index contributed by atoms with van der Waals surface area (Å²) in [7, 11) is 0. The van der Waals surface area contributed by atoms with Gasteiger partial charge in [0.05, 0.1) is 92.0 Å². The normalized spacial score (nSPS) is 22.4. The fraction of sp³-hybridized carbons (Fsp3) is 0.868. The van der Waals surface area contributed by atoms with Crippen molar-refractivity contribution in [3.8, 4) is 0 Å². The second-order valence-corrected chi connectivity index (χ2v) is 26.8. The van der Waals surface area contributed by atoms with Crippen LogP contribution in [0.3, 0.4) is 0 Å². The highest BCUT2D eigenvalue weighted by Crippen LogP contribution is 2.35. The molecule has 0 radical (unpaired) electrons. The lowest BCUT2D eigenvalue weighted by molar-refractivity contribution is -0.196. The van der Waals surface area contributed by atoms with Crippen molar-refractivity contribution in [2.75, 3.05) is 119 Å².